The quantitative estimate of drug-likeness (QED) is 0.870. The van der Waals surface area contributed by atoms with Crippen molar-refractivity contribution >= 4 is 29.2 Å². The Kier molecular flexibility index (Phi) is 3.07. The number of aromatic carboxylic acids is 1. The molecule has 5 heteroatoms. The van der Waals surface area contributed by atoms with E-state index in [0.717, 1.165) is 6.42 Å². The molecule has 0 aromatic heterocycles. The Bertz CT molecular complexity index is 487. The molecule has 0 bridgehead atoms. The Morgan fingerprint density at radius 2 is 2.12 bits per heavy atom. The molecule has 1 amide bonds. The van der Waals surface area contributed by atoms with Crippen LogP contribution < -0.4 is 5.32 Å². The van der Waals surface area contributed by atoms with Gasteiger partial charge in [0.05, 0.1) is 10.7 Å². The minimum atomic E-state index is -1.14. The molecule has 1 aliphatic carbocycles. The zero-order valence-electron chi connectivity index (χ0n) is 9.24. The predicted octanol–water partition coefficient (Wildman–Crippen LogP) is 2.63. The lowest BCUT2D eigenvalue weighted by Crippen LogP contribution is -2.17. The number of anilines is 1. The molecule has 2 unspecified atom stereocenters. The fourth-order valence-corrected chi connectivity index (χ4v) is 2.01. The van der Waals surface area contributed by atoms with Crippen LogP contribution in [0.25, 0.3) is 0 Å². The van der Waals surface area contributed by atoms with Crippen molar-refractivity contribution in [1.29, 1.82) is 0 Å². The number of carboxylic acid groups (broad SMARTS) is 1. The molecule has 1 aromatic rings. The molecule has 2 atom stereocenters. The molecule has 2 rings (SSSR count). The second-order valence-corrected chi connectivity index (χ2v) is 4.68. The summed E-state index contributed by atoms with van der Waals surface area (Å²) in [7, 11) is 0. The Balaban J connectivity index is 2.23. The smallest absolute Gasteiger partial charge is 0.339 e. The van der Waals surface area contributed by atoms with Gasteiger partial charge in [-0.25, -0.2) is 4.79 Å². The summed E-state index contributed by atoms with van der Waals surface area (Å²) < 4.78 is 0. The number of nitrogens with one attached hydrogen (secondary N) is 1. The summed E-state index contributed by atoms with van der Waals surface area (Å²) in [6.45, 7) is 1.99. The molecule has 4 nitrogen and oxygen atoms in total. The van der Waals surface area contributed by atoms with Crippen LogP contribution in [0.1, 0.15) is 23.7 Å². The SMILES string of the molecule is CC1CC1C(=O)Nc1cccc(Cl)c1C(=O)O. The van der Waals surface area contributed by atoms with E-state index in [9.17, 15) is 9.59 Å². The highest BCUT2D eigenvalue weighted by atomic mass is 35.5. The van der Waals surface area contributed by atoms with E-state index in [1.807, 2.05) is 6.92 Å². The number of hydrogen-bond donors (Lipinski definition) is 2. The maximum Gasteiger partial charge on any atom is 0.339 e. The monoisotopic (exact) mass is 253 g/mol. The number of carboxylic acids is 1. The number of benzene rings is 1. The van der Waals surface area contributed by atoms with Gasteiger partial charge in [0.25, 0.3) is 0 Å². The van der Waals surface area contributed by atoms with Gasteiger partial charge in [-0.3, -0.25) is 4.79 Å². The van der Waals surface area contributed by atoms with E-state index in [2.05, 4.69) is 5.32 Å². The van der Waals surface area contributed by atoms with Gasteiger partial charge < -0.3 is 10.4 Å². The van der Waals surface area contributed by atoms with E-state index in [1.54, 1.807) is 12.1 Å². The fraction of sp³-hybridized carbons (Fsp3) is 0.333. The van der Waals surface area contributed by atoms with E-state index >= 15 is 0 Å². The number of rotatable bonds is 3. The van der Waals surface area contributed by atoms with Gasteiger partial charge in [0.1, 0.15) is 5.56 Å². The largest absolute Gasteiger partial charge is 0.478 e. The maximum absolute atomic E-state index is 11.7. The van der Waals surface area contributed by atoms with Gasteiger partial charge in [-0.15, -0.1) is 0 Å². The summed E-state index contributed by atoms with van der Waals surface area (Å²) in [4.78, 5) is 22.8. The second-order valence-electron chi connectivity index (χ2n) is 4.28. The summed E-state index contributed by atoms with van der Waals surface area (Å²) in [5, 5.41) is 11.8. The van der Waals surface area contributed by atoms with Crippen LogP contribution in [0.15, 0.2) is 18.2 Å². The fourth-order valence-electron chi connectivity index (χ4n) is 1.76. The van der Waals surface area contributed by atoms with Crippen LogP contribution in [0.5, 0.6) is 0 Å². The van der Waals surface area contributed by atoms with Crippen LogP contribution in [0.2, 0.25) is 5.02 Å². The van der Waals surface area contributed by atoms with Gasteiger partial charge in [0, 0.05) is 5.92 Å². The van der Waals surface area contributed by atoms with E-state index in [1.165, 1.54) is 6.07 Å². The Hall–Kier alpha value is -1.55. The van der Waals surface area contributed by atoms with Gasteiger partial charge >= 0.3 is 5.97 Å². The number of hydrogen-bond acceptors (Lipinski definition) is 2. The third kappa shape index (κ3) is 2.42. The van der Waals surface area contributed by atoms with Crippen molar-refractivity contribution in [3.05, 3.63) is 28.8 Å². The molecule has 0 radical (unpaired) electrons. The lowest BCUT2D eigenvalue weighted by Gasteiger charge is -2.09. The first-order chi connectivity index (χ1) is 8.00. The summed E-state index contributed by atoms with van der Waals surface area (Å²) in [5.74, 6) is -0.907. The lowest BCUT2D eigenvalue weighted by molar-refractivity contribution is -0.117. The molecular weight excluding hydrogens is 242 g/mol. The summed E-state index contributed by atoms with van der Waals surface area (Å²) >= 11 is 5.80. The molecule has 90 valence electrons. The maximum atomic E-state index is 11.7. The van der Waals surface area contributed by atoms with E-state index in [-0.39, 0.29) is 28.1 Å². The minimum absolute atomic E-state index is 0.00405. The Labute approximate surface area is 104 Å². The van der Waals surface area contributed by atoms with Crippen LogP contribution in [0.3, 0.4) is 0 Å². The molecule has 1 fully saturated rings. The van der Waals surface area contributed by atoms with Crippen LogP contribution in [0, 0.1) is 11.8 Å². The topological polar surface area (TPSA) is 66.4 Å². The van der Waals surface area contributed by atoms with Crippen LogP contribution >= 0.6 is 11.6 Å². The molecule has 2 N–H and O–H groups in total. The van der Waals surface area contributed by atoms with Crippen LogP contribution in [0.4, 0.5) is 5.69 Å². The summed E-state index contributed by atoms with van der Waals surface area (Å²) in [6, 6.07) is 4.64. The molecule has 1 saturated carbocycles. The summed E-state index contributed by atoms with van der Waals surface area (Å²) in [5.41, 5.74) is 0.199. The van der Waals surface area contributed by atoms with E-state index < -0.39 is 5.97 Å². The molecule has 0 saturated heterocycles. The highest BCUT2D eigenvalue weighted by Crippen LogP contribution is 2.39. The highest BCUT2D eigenvalue weighted by Gasteiger charge is 2.39. The first kappa shape index (κ1) is 11.9. The lowest BCUT2D eigenvalue weighted by atomic mass is 10.1. The molecule has 1 aliphatic rings. The van der Waals surface area contributed by atoms with Crippen molar-refractivity contribution in [3.8, 4) is 0 Å². The number of carbonyl (C=O) groups excluding carboxylic acids is 1. The van der Waals surface area contributed by atoms with Gasteiger partial charge in [0.15, 0.2) is 0 Å². The van der Waals surface area contributed by atoms with Crippen LogP contribution in [-0.4, -0.2) is 17.0 Å². The highest BCUT2D eigenvalue weighted by molar-refractivity contribution is 6.34. The average molecular weight is 254 g/mol. The van der Waals surface area contributed by atoms with Gasteiger partial charge in [-0.1, -0.05) is 24.6 Å². The molecule has 0 spiro atoms. The molecular formula is C12H12ClNO3. The first-order valence-corrected chi connectivity index (χ1v) is 5.71. The molecule has 0 aliphatic heterocycles. The normalized spacial score (nSPS) is 22.0. The standard InChI is InChI=1S/C12H12ClNO3/c1-6-5-7(6)11(15)14-9-4-2-3-8(13)10(9)12(16)17/h2-4,6-7H,5H2,1H3,(H,14,15)(H,16,17). The van der Waals surface area contributed by atoms with Crippen molar-refractivity contribution in [1.82, 2.24) is 0 Å². The first-order valence-electron chi connectivity index (χ1n) is 5.33. The predicted molar refractivity (Wildman–Crippen MR) is 64.3 cm³/mol. The number of halogens is 1. The van der Waals surface area contributed by atoms with Gasteiger partial charge in [0.2, 0.25) is 5.91 Å². The summed E-state index contributed by atoms with van der Waals surface area (Å²) in [6.07, 6.45) is 0.856. The van der Waals surface area contributed by atoms with Crippen molar-refractivity contribution in [2.45, 2.75) is 13.3 Å². The molecule has 0 heterocycles. The number of carbonyl (C=O) groups is 2. The second kappa shape index (κ2) is 4.37. The van der Waals surface area contributed by atoms with E-state index in [4.69, 9.17) is 16.7 Å². The van der Waals surface area contributed by atoms with Crippen LogP contribution in [-0.2, 0) is 4.79 Å². The molecule has 1 aromatic carbocycles. The third-order valence-corrected chi connectivity index (χ3v) is 3.25. The van der Waals surface area contributed by atoms with Gasteiger partial charge in [-0.2, -0.15) is 0 Å². The minimum Gasteiger partial charge on any atom is -0.478 e. The van der Waals surface area contributed by atoms with Crippen molar-refractivity contribution < 1.29 is 14.7 Å². The van der Waals surface area contributed by atoms with Crippen molar-refractivity contribution in [2.24, 2.45) is 11.8 Å². The Morgan fingerprint density at radius 3 is 2.65 bits per heavy atom. The van der Waals surface area contributed by atoms with Gasteiger partial charge in [-0.05, 0) is 24.5 Å². The zero-order valence-corrected chi connectivity index (χ0v) is 9.99. The number of amides is 1. The zero-order chi connectivity index (χ0) is 12.6. The van der Waals surface area contributed by atoms with Crippen molar-refractivity contribution in [3.63, 3.8) is 0 Å². The Morgan fingerprint density at radius 1 is 1.47 bits per heavy atom. The average Bonchev–Trinajstić information content (AvgIpc) is 2.95. The van der Waals surface area contributed by atoms with Crippen molar-refractivity contribution in [2.75, 3.05) is 5.32 Å². The third-order valence-electron chi connectivity index (χ3n) is 2.93. The van der Waals surface area contributed by atoms with E-state index in [0.29, 0.717) is 5.92 Å². The molecule has 17 heavy (non-hydrogen) atoms.